The van der Waals surface area contributed by atoms with Crippen LogP contribution in [0.4, 0.5) is 0 Å². The standard InChI is InChI=1S/C14H11IN2O4/c1-21-9-4-2-8(3-5-9)12(18)6-11(15)10-7-16-14(20)17-13(10)19/h2-7H,1H3,(H2,16,17,19,20)/b11-6-. The summed E-state index contributed by atoms with van der Waals surface area (Å²) in [4.78, 5) is 39.2. The van der Waals surface area contributed by atoms with E-state index in [4.69, 9.17) is 4.74 Å². The number of aromatic amines is 2. The molecule has 0 fully saturated rings. The van der Waals surface area contributed by atoms with Gasteiger partial charge in [-0.1, -0.05) is 0 Å². The second-order valence-electron chi connectivity index (χ2n) is 4.07. The maximum absolute atomic E-state index is 12.1. The van der Waals surface area contributed by atoms with Crippen molar-refractivity contribution >= 4 is 32.0 Å². The Morgan fingerprint density at radius 2 is 1.90 bits per heavy atom. The molecule has 0 saturated carbocycles. The molecule has 0 spiro atoms. The number of halogens is 1. The minimum atomic E-state index is -0.588. The Bertz CT molecular complexity index is 803. The number of carbonyl (C=O) groups excluding carboxylic acids is 1. The lowest BCUT2D eigenvalue weighted by Gasteiger charge is -2.01. The molecule has 21 heavy (non-hydrogen) atoms. The summed E-state index contributed by atoms with van der Waals surface area (Å²) in [6, 6.07) is 6.64. The molecule has 0 amide bonds. The number of benzene rings is 1. The molecule has 0 atom stereocenters. The number of allylic oxidation sites excluding steroid dienone is 1. The number of ether oxygens (including phenoxy) is 1. The van der Waals surface area contributed by atoms with Gasteiger partial charge in [-0.3, -0.25) is 14.6 Å². The molecule has 6 nitrogen and oxygen atoms in total. The van der Waals surface area contributed by atoms with Gasteiger partial charge in [0, 0.05) is 21.4 Å². The molecule has 0 aliphatic carbocycles. The van der Waals surface area contributed by atoms with Crippen molar-refractivity contribution in [3.8, 4) is 5.75 Å². The van der Waals surface area contributed by atoms with Crippen LogP contribution in [0, 0.1) is 0 Å². The van der Waals surface area contributed by atoms with E-state index in [1.807, 2.05) is 22.6 Å². The molecule has 0 saturated heterocycles. The van der Waals surface area contributed by atoms with E-state index >= 15 is 0 Å². The van der Waals surface area contributed by atoms with Gasteiger partial charge >= 0.3 is 5.69 Å². The first-order chi connectivity index (χ1) is 10.0. The first-order valence-electron chi connectivity index (χ1n) is 5.89. The van der Waals surface area contributed by atoms with E-state index in [9.17, 15) is 14.4 Å². The summed E-state index contributed by atoms with van der Waals surface area (Å²) in [7, 11) is 1.54. The Labute approximate surface area is 133 Å². The van der Waals surface area contributed by atoms with Crippen LogP contribution in [0.15, 0.2) is 46.1 Å². The molecule has 0 unspecified atom stereocenters. The minimum Gasteiger partial charge on any atom is -0.497 e. The number of nitrogens with one attached hydrogen (secondary N) is 2. The van der Waals surface area contributed by atoms with E-state index in [0.717, 1.165) is 0 Å². The zero-order chi connectivity index (χ0) is 15.4. The van der Waals surface area contributed by atoms with E-state index in [1.165, 1.54) is 12.3 Å². The maximum atomic E-state index is 12.1. The van der Waals surface area contributed by atoms with Crippen LogP contribution >= 0.6 is 22.6 Å². The van der Waals surface area contributed by atoms with E-state index < -0.39 is 11.2 Å². The van der Waals surface area contributed by atoms with Crippen LogP contribution in [0.5, 0.6) is 5.75 Å². The van der Waals surface area contributed by atoms with Crippen molar-refractivity contribution in [3.63, 3.8) is 0 Å². The Hall–Kier alpha value is -2.16. The first-order valence-corrected chi connectivity index (χ1v) is 6.97. The van der Waals surface area contributed by atoms with Gasteiger partial charge in [0.1, 0.15) is 5.75 Å². The number of rotatable bonds is 4. The largest absolute Gasteiger partial charge is 0.497 e. The summed E-state index contributed by atoms with van der Waals surface area (Å²) in [6.07, 6.45) is 2.62. The topological polar surface area (TPSA) is 92.0 Å². The Balaban J connectivity index is 2.30. The third-order valence-corrected chi connectivity index (χ3v) is 3.60. The van der Waals surface area contributed by atoms with Crippen LogP contribution in [-0.4, -0.2) is 22.9 Å². The van der Waals surface area contributed by atoms with E-state index in [1.54, 1.807) is 31.4 Å². The molecule has 2 N–H and O–H groups in total. The van der Waals surface area contributed by atoms with Crippen LogP contribution in [0.3, 0.4) is 0 Å². The summed E-state index contributed by atoms with van der Waals surface area (Å²) in [6.45, 7) is 0. The third-order valence-electron chi connectivity index (χ3n) is 2.71. The first kappa shape index (κ1) is 15.2. The average molecular weight is 398 g/mol. The highest BCUT2D eigenvalue weighted by molar-refractivity contribution is 14.1. The van der Waals surface area contributed by atoms with Crippen molar-refractivity contribution in [1.29, 1.82) is 0 Å². The molecule has 0 radical (unpaired) electrons. The van der Waals surface area contributed by atoms with Crippen molar-refractivity contribution in [2.75, 3.05) is 7.11 Å². The van der Waals surface area contributed by atoms with Crippen LogP contribution in [0.25, 0.3) is 3.58 Å². The molecule has 2 rings (SSSR count). The summed E-state index contributed by atoms with van der Waals surface area (Å²) in [5, 5.41) is 0. The Morgan fingerprint density at radius 1 is 1.24 bits per heavy atom. The number of ketones is 1. The van der Waals surface area contributed by atoms with Crippen LogP contribution < -0.4 is 16.0 Å². The number of H-pyrrole nitrogens is 2. The predicted molar refractivity (Wildman–Crippen MR) is 87.0 cm³/mol. The third kappa shape index (κ3) is 3.69. The summed E-state index contributed by atoms with van der Waals surface area (Å²) >= 11 is 1.87. The molecule has 0 aliphatic heterocycles. The van der Waals surface area contributed by atoms with E-state index in [0.29, 0.717) is 14.9 Å². The smallest absolute Gasteiger partial charge is 0.325 e. The van der Waals surface area contributed by atoms with Gasteiger partial charge in [0.2, 0.25) is 0 Å². The van der Waals surface area contributed by atoms with Gasteiger partial charge in [-0.25, -0.2) is 4.79 Å². The van der Waals surface area contributed by atoms with E-state index in [-0.39, 0.29) is 11.3 Å². The van der Waals surface area contributed by atoms with Crippen molar-refractivity contribution in [2.24, 2.45) is 0 Å². The lowest BCUT2D eigenvalue weighted by atomic mass is 10.1. The molecule has 1 aromatic carbocycles. The van der Waals surface area contributed by atoms with Crippen molar-refractivity contribution < 1.29 is 9.53 Å². The van der Waals surface area contributed by atoms with Gasteiger partial charge in [0.15, 0.2) is 5.78 Å². The normalized spacial score (nSPS) is 11.2. The fourth-order valence-electron chi connectivity index (χ4n) is 1.62. The second-order valence-corrected chi connectivity index (χ2v) is 5.23. The van der Waals surface area contributed by atoms with Gasteiger partial charge in [0.05, 0.1) is 12.7 Å². The zero-order valence-corrected chi connectivity index (χ0v) is 13.1. The highest BCUT2D eigenvalue weighted by Gasteiger charge is 2.08. The molecule has 1 heterocycles. The lowest BCUT2D eigenvalue weighted by molar-refractivity contribution is 0.104. The Kier molecular flexibility index (Phi) is 4.73. The number of methoxy groups -OCH3 is 1. The molecule has 0 bridgehead atoms. The van der Waals surface area contributed by atoms with Crippen LogP contribution in [0.2, 0.25) is 0 Å². The van der Waals surface area contributed by atoms with Gasteiger partial charge in [-0.15, -0.1) is 0 Å². The predicted octanol–water partition coefficient (Wildman–Crippen LogP) is 1.73. The maximum Gasteiger partial charge on any atom is 0.325 e. The van der Waals surface area contributed by atoms with Crippen molar-refractivity contribution in [2.45, 2.75) is 0 Å². The number of hydrogen-bond donors (Lipinski definition) is 2. The molecule has 108 valence electrons. The summed E-state index contributed by atoms with van der Waals surface area (Å²) in [5.74, 6) is 0.412. The van der Waals surface area contributed by atoms with Gasteiger partial charge in [-0.2, -0.15) is 0 Å². The van der Waals surface area contributed by atoms with Crippen LogP contribution in [0.1, 0.15) is 15.9 Å². The van der Waals surface area contributed by atoms with E-state index in [2.05, 4.69) is 9.97 Å². The van der Waals surface area contributed by atoms with Gasteiger partial charge in [-0.05, 0) is 46.9 Å². The minimum absolute atomic E-state index is 0.233. The molecular weight excluding hydrogens is 387 g/mol. The quantitative estimate of drug-likeness (QED) is 0.466. The molecule has 2 aromatic rings. The van der Waals surface area contributed by atoms with Crippen molar-refractivity contribution in [3.05, 3.63) is 68.5 Å². The average Bonchev–Trinajstić information content (AvgIpc) is 2.47. The number of aromatic nitrogens is 2. The summed E-state index contributed by atoms with van der Waals surface area (Å²) in [5.41, 5.74) is -0.417. The van der Waals surface area contributed by atoms with Crippen LogP contribution in [-0.2, 0) is 0 Å². The summed E-state index contributed by atoms with van der Waals surface area (Å²) < 4.78 is 5.45. The SMILES string of the molecule is COc1ccc(C(=O)/C=C(\I)c2c[nH]c(=O)[nH]c2=O)cc1. The second kappa shape index (κ2) is 6.53. The highest BCUT2D eigenvalue weighted by Crippen LogP contribution is 2.19. The molecule has 7 heteroatoms. The van der Waals surface area contributed by atoms with Gasteiger partial charge in [0.25, 0.3) is 5.56 Å². The fraction of sp³-hybridized carbons (Fsp3) is 0.0714. The molecule has 0 aliphatic rings. The van der Waals surface area contributed by atoms with Crippen molar-refractivity contribution in [1.82, 2.24) is 9.97 Å². The monoisotopic (exact) mass is 398 g/mol. The molecular formula is C14H11IN2O4. The lowest BCUT2D eigenvalue weighted by Crippen LogP contribution is -2.23. The Morgan fingerprint density at radius 3 is 2.48 bits per heavy atom. The number of hydrogen-bond acceptors (Lipinski definition) is 4. The fourth-order valence-corrected chi connectivity index (χ4v) is 2.30. The number of carbonyl (C=O) groups is 1. The highest BCUT2D eigenvalue weighted by atomic mass is 127. The zero-order valence-electron chi connectivity index (χ0n) is 11.0. The van der Waals surface area contributed by atoms with Gasteiger partial charge < -0.3 is 9.72 Å². The molecule has 1 aromatic heterocycles.